The summed E-state index contributed by atoms with van der Waals surface area (Å²) in [7, 11) is 0. The van der Waals surface area contributed by atoms with Gasteiger partial charge in [0, 0.05) is 35.6 Å². The highest BCUT2D eigenvalue weighted by Gasteiger charge is 2.28. The summed E-state index contributed by atoms with van der Waals surface area (Å²) < 4.78 is 0. The lowest BCUT2D eigenvalue weighted by Gasteiger charge is -2.24. The van der Waals surface area contributed by atoms with Crippen LogP contribution in [0.4, 0.5) is 5.82 Å². The summed E-state index contributed by atoms with van der Waals surface area (Å²) in [5.74, 6) is 2.26. The molecule has 2 unspecified atom stereocenters. The molecular formula is C17H22N4O. The Hall–Kier alpha value is -2.17. The highest BCUT2D eigenvalue weighted by atomic mass is 16.1. The van der Waals surface area contributed by atoms with Gasteiger partial charge >= 0.3 is 0 Å². The van der Waals surface area contributed by atoms with Crippen LogP contribution in [0.1, 0.15) is 31.5 Å². The normalized spacial score (nSPS) is 21.4. The first-order chi connectivity index (χ1) is 10.5. The van der Waals surface area contributed by atoms with Gasteiger partial charge in [0.25, 0.3) is 5.56 Å². The van der Waals surface area contributed by atoms with Gasteiger partial charge in [-0.1, -0.05) is 6.92 Å². The largest absolute Gasteiger partial charge is 0.354 e. The van der Waals surface area contributed by atoms with Gasteiger partial charge in [0.15, 0.2) is 0 Å². The van der Waals surface area contributed by atoms with Crippen LogP contribution in [-0.2, 0) is 0 Å². The molecule has 2 aromatic rings. The molecule has 2 aromatic heterocycles. The summed E-state index contributed by atoms with van der Waals surface area (Å²) in [6, 6.07) is 4.50. The van der Waals surface area contributed by atoms with E-state index >= 15 is 0 Å². The van der Waals surface area contributed by atoms with Crippen LogP contribution >= 0.6 is 0 Å². The third kappa shape index (κ3) is 2.51. The molecular weight excluding hydrogens is 276 g/mol. The number of nitrogens with one attached hydrogen (secondary N) is 1. The first kappa shape index (κ1) is 14.8. The Morgan fingerprint density at radius 1 is 1.27 bits per heavy atom. The SMILES string of the molecule is Cc1nc(-c2ccc(N3CCC(C)C3C)nc2)[nH]c(=O)c1C. The number of aromatic amines is 1. The van der Waals surface area contributed by atoms with Crippen LogP contribution in [0, 0.1) is 19.8 Å². The molecule has 5 heteroatoms. The molecule has 1 aliphatic heterocycles. The molecule has 0 radical (unpaired) electrons. The summed E-state index contributed by atoms with van der Waals surface area (Å²) in [5, 5.41) is 0. The number of hydrogen-bond acceptors (Lipinski definition) is 4. The second-order valence-electron chi connectivity index (χ2n) is 6.23. The Labute approximate surface area is 130 Å². The zero-order valence-corrected chi connectivity index (χ0v) is 13.6. The number of anilines is 1. The van der Waals surface area contributed by atoms with E-state index in [9.17, 15) is 4.79 Å². The molecule has 3 rings (SSSR count). The molecule has 0 aliphatic carbocycles. The van der Waals surface area contributed by atoms with Gasteiger partial charge in [-0.05, 0) is 45.2 Å². The van der Waals surface area contributed by atoms with Crippen molar-refractivity contribution < 1.29 is 0 Å². The van der Waals surface area contributed by atoms with E-state index in [-0.39, 0.29) is 5.56 Å². The van der Waals surface area contributed by atoms with Crippen molar-refractivity contribution in [3.63, 3.8) is 0 Å². The maximum absolute atomic E-state index is 11.9. The van der Waals surface area contributed by atoms with Crippen molar-refractivity contribution in [1.82, 2.24) is 15.0 Å². The van der Waals surface area contributed by atoms with E-state index in [1.54, 1.807) is 13.1 Å². The zero-order chi connectivity index (χ0) is 15.9. The fourth-order valence-electron chi connectivity index (χ4n) is 2.90. The number of pyridine rings is 1. The summed E-state index contributed by atoms with van der Waals surface area (Å²) in [6.07, 6.45) is 2.99. The lowest BCUT2D eigenvalue weighted by Crippen LogP contribution is -2.29. The first-order valence-electron chi connectivity index (χ1n) is 7.78. The smallest absolute Gasteiger partial charge is 0.254 e. The Kier molecular flexibility index (Phi) is 3.72. The van der Waals surface area contributed by atoms with Crippen LogP contribution in [0.2, 0.25) is 0 Å². The van der Waals surface area contributed by atoms with E-state index in [0.717, 1.165) is 23.6 Å². The number of H-pyrrole nitrogens is 1. The minimum Gasteiger partial charge on any atom is -0.354 e. The van der Waals surface area contributed by atoms with Crippen LogP contribution in [0.3, 0.4) is 0 Å². The second-order valence-corrected chi connectivity index (χ2v) is 6.23. The topological polar surface area (TPSA) is 61.9 Å². The van der Waals surface area contributed by atoms with Crippen molar-refractivity contribution in [2.24, 2.45) is 5.92 Å². The van der Waals surface area contributed by atoms with Gasteiger partial charge in [-0.25, -0.2) is 9.97 Å². The van der Waals surface area contributed by atoms with Crippen molar-refractivity contribution in [1.29, 1.82) is 0 Å². The quantitative estimate of drug-likeness (QED) is 0.926. The van der Waals surface area contributed by atoms with Gasteiger partial charge in [0.2, 0.25) is 0 Å². The Morgan fingerprint density at radius 2 is 2.05 bits per heavy atom. The van der Waals surface area contributed by atoms with Crippen molar-refractivity contribution >= 4 is 5.82 Å². The van der Waals surface area contributed by atoms with Crippen LogP contribution in [0.5, 0.6) is 0 Å². The Balaban J connectivity index is 1.90. The van der Waals surface area contributed by atoms with Crippen molar-refractivity contribution in [2.75, 3.05) is 11.4 Å². The third-order valence-corrected chi connectivity index (χ3v) is 4.85. The summed E-state index contributed by atoms with van der Waals surface area (Å²) in [4.78, 5) is 26.0. The molecule has 2 atom stereocenters. The van der Waals surface area contributed by atoms with Crippen LogP contribution in [0.25, 0.3) is 11.4 Å². The predicted octanol–water partition coefficient (Wildman–Crippen LogP) is 2.68. The van der Waals surface area contributed by atoms with Crippen LogP contribution in [-0.4, -0.2) is 27.5 Å². The van der Waals surface area contributed by atoms with Gasteiger partial charge < -0.3 is 9.88 Å². The number of aryl methyl sites for hydroxylation is 1. The van der Waals surface area contributed by atoms with Gasteiger partial charge in [0.1, 0.15) is 11.6 Å². The molecule has 22 heavy (non-hydrogen) atoms. The van der Waals surface area contributed by atoms with Crippen molar-refractivity contribution in [3.05, 3.63) is 39.9 Å². The predicted molar refractivity (Wildman–Crippen MR) is 88.2 cm³/mol. The van der Waals surface area contributed by atoms with Crippen molar-refractivity contribution in [2.45, 2.75) is 40.2 Å². The molecule has 3 heterocycles. The van der Waals surface area contributed by atoms with Gasteiger partial charge in [0.05, 0.1) is 0 Å². The van der Waals surface area contributed by atoms with Crippen LogP contribution < -0.4 is 10.5 Å². The monoisotopic (exact) mass is 298 g/mol. The number of hydrogen-bond donors (Lipinski definition) is 1. The molecule has 1 aliphatic rings. The average molecular weight is 298 g/mol. The highest BCUT2D eigenvalue weighted by molar-refractivity contribution is 5.57. The third-order valence-electron chi connectivity index (χ3n) is 4.85. The zero-order valence-electron chi connectivity index (χ0n) is 13.6. The summed E-state index contributed by atoms with van der Waals surface area (Å²) >= 11 is 0. The van der Waals surface area contributed by atoms with E-state index in [1.807, 2.05) is 19.1 Å². The molecule has 0 saturated carbocycles. The van der Waals surface area contributed by atoms with E-state index in [1.165, 1.54) is 6.42 Å². The molecule has 0 aromatic carbocycles. The lowest BCUT2D eigenvalue weighted by atomic mass is 10.1. The van der Waals surface area contributed by atoms with E-state index < -0.39 is 0 Å². The van der Waals surface area contributed by atoms with E-state index in [0.29, 0.717) is 23.3 Å². The fraction of sp³-hybridized carbons (Fsp3) is 0.471. The highest BCUT2D eigenvalue weighted by Crippen LogP contribution is 2.28. The van der Waals surface area contributed by atoms with Gasteiger partial charge in [-0.15, -0.1) is 0 Å². The standard InChI is InChI=1S/C17H22N4O/c1-10-7-8-21(13(10)4)15-6-5-14(9-18-15)16-19-12(3)11(2)17(22)20-16/h5-6,9-10,13H,7-8H2,1-4H3,(H,19,20,22). The van der Waals surface area contributed by atoms with Gasteiger partial charge in [-0.2, -0.15) is 0 Å². The number of nitrogens with zero attached hydrogens (tertiary/aromatic N) is 3. The Bertz CT molecular complexity index is 735. The molecule has 0 amide bonds. The van der Waals surface area contributed by atoms with E-state index in [2.05, 4.69) is 33.7 Å². The molecule has 5 nitrogen and oxygen atoms in total. The number of rotatable bonds is 2. The maximum atomic E-state index is 11.9. The molecule has 1 saturated heterocycles. The second kappa shape index (κ2) is 5.55. The average Bonchev–Trinajstić information content (AvgIpc) is 2.84. The number of aromatic nitrogens is 3. The molecule has 1 N–H and O–H groups in total. The van der Waals surface area contributed by atoms with Crippen LogP contribution in [0.15, 0.2) is 23.1 Å². The molecule has 0 bridgehead atoms. The maximum Gasteiger partial charge on any atom is 0.254 e. The summed E-state index contributed by atoms with van der Waals surface area (Å²) in [6.45, 7) is 9.21. The molecule has 116 valence electrons. The Morgan fingerprint density at radius 3 is 2.59 bits per heavy atom. The minimum atomic E-state index is -0.0893. The fourth-order valence-corrected chi connectivity index (χ4v) is 2.90. The first-order valence-corrected chi connectivity index (χ1v) is 7.78. The summed E-state index contributed by atoms with van der Waals surface area (Å²) in [5.41, 5.74) is 2.16. The van der Waals surface area contributed by atoms with Gasteiger partial charge in [-0.3, -0.25) is 4.79 Å². The van der Waals surface area contributed by atoms with E-state index in [4.69, 9.17) is 0 Å². The molecule has 0 spiro atoms. The molecule has 1 fully saturated rings. The lowest BCUT2D eigenvalue weighted by molar-refractivity contribution is 0.544. The van der Waals surface area contributed by atoms with Crippen molar-refractivity contribution in [3.8, 4) is 11.4 Å². The minimum absolute atomic E-state index is 0.0893.